The van der Waals surface area contributed by atoms with E-state index in [9.17, 15) is 24.3 Å². The Morgan fingerprint density at radius 2 is 1.43 bits per heavy atom. The third-order valence-electron chi connectivity index (χ3n) is 5.85. The molecule has 220 valence electrons. The van der Waals surface area contributed by atoms with Crippen molar-refractivity contribution in [3.63, 3.8) is 0 Å². The van der Waals surface area contributed by atoms with Crippen molar-refractivity contribution >= 4 is 29.7 Å². The first kappa shape index (κ1) is 31.7. The molecule has 0 spiro atoms. The molecule has 0 radical (unpaired) electrons. The summed E-state index contributed by atoms with van der Waals surface area (Å²) < 4.78 is 0. The smallest absolute Gasteiger partial charge is 0.326 e. The van der Waals surface area contributed by atoms with Gasteiger partial charge in [-0.15, -0.1) is 0 Å². The van der Waals surface area contributed by atoms with E-state index >= 15 is 0 Å². The summed E-state index contributed by atoms with van der Waals surface area (Å²) in [5.41, 5.74) is 17.7. The van der Waals surface area contributed by atoms with Gasteiger partial charge in [-0.3, -0.25) is 19.4 Å². The van der Waals surface area contributed by atoms with Crippen LogP contribution < -0.4 is 33.2 Å². The number of amides is 3. The van der Waals surface area contributed by atoms with E-state index in [4.69, 9.17) is 17.2 Å². The van der Waals surface area contributed by atoms with Crippen LogP contribution in [0.5, 0.6) is 0 Å². The number of guanidine groups is 1. The molecular weight excluding hydrogens is 522 g/mol. The van der Waals surface area contributed by atoms with E-state index in [1.165, 1.54) is 25.0 Å². The molecule has 4 unspecified atom stereocenters. The summed E-state index contributed by atoms with van der Waals surface area (Å²) in [6, 6.07) is -4.35. The Kier molecular flexibility index (Phi) is 12.6. The number of imidazole rings is 2. The molecule has 16 heteroatoms. The predicted molar refractivity (Wildman–Crippen MR) is 145 cm³/mol. The number of carbonyl (C=O) groups excluding carboxylic acids is 3. The number of hydrogen-bond acceptors (Lipinski definition) is 8. The average Bonchev–Trinajstić information content (AvgIpc) is 3.59. The number of hydrogen-bond donors (Lipinski definition) is 9. The van der Waals surface area contributed by atoms with Crippen LogP contribution in [0.1, 0.15) is 44.5 Å². The lowest BCUT2D eigenvalue weighted by atomic mass is 10.0. The molecule has 2 rings (SSSR count). The first-order valence-corrected chi connectivity index (χ1v) is 12.9. The zero-order chi connectivity index (χ0) is 29.7. The lowest BCUT2D eigenvalue weighted by molar-refractivity contribution is -0.142. The molecule has 0 aromatic carbocycles. The highest BCUT2D eigenvalue weighted by atomic mass is 16.4. The molecule has 0 bridgehead atoms. The molecule has 16 nitrogen and oxygen atoms in total. The van der Waals surface area contributed by atoms with E-state index < -0.39 is 47.9 Å². The number of aliphatic carboxylic acids is 1. The minimum Gasteiger partial charge on any atom is -0.480 e. The molecule has 0 saturated heterocycles. The van der Waals surface area contributed by atoms with Crippen LogP contribution in [-0.2, 0) is 32.0 Å². The molecule has 2 aromatic heterocycles. The van der Waals surface area contributed by atoms with Gasteiger partial charge in [0.05, 0.1) is 18.7 Å². The number of aromatic amines is 2. The maximum Gasteiger partial charge on any atom is 0.326 e. The third-order valence-corrected chi connectivity index (χ3v) is 5.85. The normalized spacial score (nSPS) is 14.0. The second-order valence-corrected chi connectivity index (χ2v) is 9.77. The van der Waals surface area contributed by atoms with E-state index in [1.807, 2.05) is 13.8 Å². The van der Waals surface area contributed by atoms with Gasteiger partial charge in [0, 0.05) is 43.2 Å². The summed E-state index contributed by atoms with van der Waals surface area (Å²) in [5, 5.41) is 17.4. The molecular formula is C24H39N11O5. The first-order chi connectivity index (χ1) is 19.0. The van der Waals surface area contributed by atoms with E-state index in [-0.39, 0.29) is 37.6 Å². The lowest BCUT2D eigenvalue weighted by Crippen LogP contribution is -2.58. The standard InChI is InChI=1S/C24H39N11O5/c1-13(2)6-17(21(37)35-19(23(39)40)8-15-10-29-12-32-15)34-22(38)18(7-14-9-28-11-31-14)33-20(36)16(25)4-3-5-30-24(26)27/h9-13,16-19H,3-8,25H2,1-2H3,(H,28,31)(H,29,32)(H,33,36)(H,34,38)(H,35,37)(H,39,40)(H4,26,27,30). The van der Waals surface area contributed by atoms with Gasteiger partial charge in [0.25, 0.3) is 0 Å². The first-order valence-electron chi connectivity index (χ1n) is 12.9. The second-order valence-electron chi connectivity index (χ2n) is 9.77. The molecule has 2 heterocycles. The van der Waals surface area contributed by atoms with Gasteiger partial charge in [0.1, 0.15) is 18.1 Å². The summed E-state index contributed by atoms with van der Waals surface area (Å²) in [5.74, 6) is -3.21. The SMILES string of the molecule is CC(C)CC(NC(=O)C(Cc1cnc[nH]1)NC(=O)C(N)CCCN=C(N)N)C(=O)NC(Cc1cnc[nH]1)C(=O)O. The molecule has 4 atom stereocenters. The molecule has 0 aliphatic carbocycles. The van der Waals surface area contributed by atoms with Crippen LogP contribution in [0.4, 0.5) is 0 Å². The number of nitrogens with two attached hydrogens (primary N) is 3. The summed E-state index contributed by atoms with van der Waals surface area (Å²) in [6.07, 6.45) is 6.77. The Balaban J connectivity index is 2.13. The number of H-pyrrole nitrogens is 2. The number of carboxylic acids is 1. The second kappa shape index (κ2) is 15.8. The van der Waals surface area contributed by atoms with Crippen molar-refractivity contribution in [2.75, 3.05) is 6.54 Å². The number of nitrogens with one attached hydrogen (secondary N) is 5. The van der Waals surface area contributed by atoms with Gasteiger partial charge in [-0.2, -0.15) is 0 Å². The maximum absolute atomic E-state index is 13.4. The van der Waals surface area contributed by atoms with Crippen molar-refractivity contribution in [3.05, 3.63) is 36.4 Å². The molecule has 40 heavy (non-hydrogen) atoms. The topological polar surface area (TPSA) is 272 Å². The molecule has 0 aliphatic heterocycles. The van der Waals surface area contributed by atoms with E-state index in [0.717, 1.165) is 0 Å². The fourth-order valence-corrected chi connectivity index (χ4v) is 3.82. The summed E-state index contributed by atoms with van der Waals surface area (Å²) in [4.78, 5) is 68.5. The lowest BCUT2D eigenvalue weighted by Gasteiger charge is -2.26. The van der Waals surface area contributed by atoms with E-state index in [1.54, 1.807) is 0 Å². The number of rotatable bonds is 17. The van der Waals surface area contributed by atoms with Crippen LogP contribution in [0.2, 0.25) is 0 Å². The maximum atomic E-state index is 13.4. The Morgan fingerprint density at radius 1 is 0.900 bits per heavy atom. The molecule has 0 saturated carbocycles. The van der Waals surface area contributed by atoms with Gasteiger partial charge in [-0.25, -0.2) is 14.8 Å². The molecule has 12 N–H and O–H groups in total. The van der Waals surface area contributed by atoms with Gasteiger partial charge in [-0.05, 0) is 25.2 Å². The molecule has 0 fully saturated rings. The van der Waals surface area contributed by atoms with Crippen molar-refractivity contribution in [2.24, 2.45) is 28.1 Å². The van der Waals surface area contributed by atoms with Crippen LogP contribution in [0.3, 0.4) is 0 Å². The summed E-state index contributed by atoms with van der Waals surface area (Å²) in [6.45, 7) is 4.01. The van der Waals surface area contributed by atoms with Gasteiger partial charge >= 0.3 is 5.97 Å². The minimum absolute atomic E-state index is 0.0220. The van der Waals surface area contributed by atoms with Crippen LogP contribution in [0, 0.1) is 5.92 Å². The number of nitrogens with zero attached hydrogens (tertiary/aromatic N) is 3. The highest BCUT2D eigenvalue weighted by Crippen LogP contribution is 2.09. The van der Waals surface area contributed by atoms with Crippen molar-refractivity contribution in [2.45, 2.75) is 70.1 Å². The number of aliphatic imine (C=N–C) groups is 1. The average molecular weight is 562 g/mol. The van der Waals surface area contributed by atoms with Gasteiger partial charge in [0.15, 0.2) is 5.96 Å². The number of carbonyl (C=O) groups is 4. The fraction of sp³-hybridized carbons (Fsp3) is 0.542. The zero-order valence-corrected chi connectivity index (χ0v) is 22.6. The van der Waals surface area contributed by atoms with Crippen molar-refractivity contribution < 1.29 is 24.3 Å². The highest BCUT2D eigenvalue weighted by molar-refractivity contribution is 5.94. The third kappa shape index (κ3) is 11.1. The van der Waals surface area contributed by atoms with Crippen LogP contribution in [0.25, 0.3) is 0 Å². The Morgan fingerprint density at radius 3 is 1.93 bits per heavy atom. The van der Waals surface area contributed by atoms with Crippen molar-refractivity contribution in [1.29, 1.82) is 0 Å². The number of carboxylic acid groups (broad SMARTS) is 1. The van der Waals surface area contributed by atoms with E-state index in [2.05, 4.69) is 40.9 Å². The van der Waals surface area contributed by atoms with Crippen LogP contribution in [-0.4, -0.2) is 85.4 Å². The Bertz CT molecular complexity index is 1110. The summed E-state index contributed by atoms with van der Waals surface area (Å²) in [7, 11) is 0. The molecule has 3 amide bonds. The minimum atomic E-state index is -1.25. The van der Waals surface area contributed by atoms with E-state index in [0.29, 0.717) is 24.4 Å². The van der Waals surface area contributed by atoms with Gasteiger partial charge in [-0.1, -0.05) is 13.8 Å². The molecule has 2 aromatic rings. The quantitative estimate of drug-likeness (QED) is 0.0575. The van der Waals surface area contributed by atoms with Crippen molar-refractivity contribution in [1.82, 2.24) is 35.9 Å². The van der Waals surface area contributed by atoms with Gasteiger partial charge < -0.3 is 48.2 Å². The Hall–Kier alpha value is -4.47. The Labute approximate surface area is 231 Å². The highest BCUT2D eigenvalue weighted by Gasteiger charge is 2.31. The van der Waals surface area contributed by atoms with Crippen LogP contribution in [0.15, 0.2) is 30.0 Å². The predicted octanol–water partition coefficient (Wildman–Crippen LogP) is -2.12. The fourth-order valence-electron chi connectivity index (χ4n) is 3.82. The monoisotopic (exact) mass is 561 g/mol. The molecule has 0 aliphatic rings. The zero-order valence-electron chi connectivity index (χ0n) is 22.6. The largest absolute Gasteiger partial charge is 0.480 e. The summed E-state index contributed by atoms with van der Waals surface area (Å²) >= 11 is 0. The van der Waals surface area contributed by atoms with Crippen LogP contribution >= 0.6 is 0 Å². The number of aromatic nitrogens is 4. The van der Waals surface area contributed by atoms with Gasteiger partial charge in [0.2, 0.25) is 17.7 Å². The van der Waals surface area contributed by atoms with Crippen molar-refractivity contribution in [3.8, 4) is 0 Å².